The third kappa shape index (κ3) is 4.58. The summed E-state index contributed by atoms with van der Waals surface area (Å²) in [4.78, 5) is 20.8. The highest BCUT2D eigenvalue weighted by Crippen LogP contribution is 2.20. The van der Waals surface area contributed by atoms with Crippen LogP contribution in [-0.4, -0.2) is 73.9 Å². The van der Waals surface area contributed by atoms with Crippen molar-refractivity contribution in [2.75, 3.05) is 58.4 Å². The summed E-state index contributed by atoms with van der Waals surface area (Å²) in [6, 6.07) is 3.49. The largest absolute Gasteiger partial charge is 0.481 e. The molecule has 3 rings (SSSR count). The number of urea groups is 1. The van der Waals surface area contributed by atoms with E-state index in [1.54, 1.807) is 25.4 Å². The lowest BCUT2D eigenvalue weighted by Gasteiger charge is -2.36. The van der Waals surface area contributed by atoms with Crippen molar-refractivity contribution in [3.05, 3.63) is 18.3 Å². The molecule has 2 aliphatic rings. The van der Waals surface area contributed by atoms with E-state index in [0.29, 0.717) is 17.5 Å². The second-order valence-electron chi connectivity index (χ2n) is 6.36. The Hall–Kier alpha value is -1.86. The van der Waals surface area contributed by atoms with Crippen LogP contribution in [0.1, 0.15) is 12.8 Å². The number of methoxy groups -OCH3 is 1. The van der Waals surface area contributed by atoms with Gasteiger partial charge in [-0.1, -0.05) is 0 Å². The molecule has 0 aliphatic carbocycles. The maximum atomic E-state index is 12.3. The van der Waals surface area contributed by atoms with E-state index in [9.17, 15) is 4.79 Å². The lowest BCUT2D eigenvalue weighted by atomic mass is 9.96. The van der Waals surface area contributed by atoms with Crippen LogP contribution in [0.4, 0.5) is 10.5 Å². The molecule has 132 valence electrons. The number of anilines is 1. The molecular weight excluding hydrogens is 308 g/mol. The lowest BCUT2D eigenvalue weighted by Crippen LogP contribution is -2.45. The van der Waals surface area contributed by atoms with E-state index in [2.05, 4.69) is 15.2 Å². The van der Waals surface area contributed by atoms with E-state index < -0.39 is 0 Å². The van der Waals surface area contributed by atoms with Crippen molar-refractivity contribution in [3.8, 4) is 5.88 Å². The van der Waals surface area contributed by atoms with Gasteiger partial charge in [-0.2, -0.15) is 0 Å². The number of ether oxygens (including phenoxy) is 2. The number of morpholine rings is 1. The molecule has 0 atom stereocenters. The Kier molecular flexibility index (Phi) is 5.87. The van der Waals surface area contributed by atoms with Gasteiger partial charge in [-0.25, -0.2) is 9.78 Å². The van der Waals surface area contributed by atoms with Crippen LogP contribution in [0.5, 0.6) is 5.88 Å². The van der Waals surface area contributed by atoms with Crippen molar-refractivity contribution in [1.29, 1.82) is 0 Å². The molecule has 1 aromatic heterocycles. The van der Waals surface area contributed by atoms with Gasteiger partial charge in [0.1, 0.15) is 0 Å². The Bertz CT molecular complexity index is 523. The van der Waals surface area contributed by atoms with E-state index in [-0.39, 0.29) is 6.03 Å². The van der Waals surface area contributed by atoms with Gasteiger partial charge in [0.15, 0.2) is 0 Å². The molecule has 0 unspecified atom stereocenters. The van der Waals surface area contributed by atoms with Crippen molar-refractivity contribution >= 4 is 11.7 Å². The van der Waals surface area contributed by atoms with Gasteiger partial charge >= 0.3 is 6.03 Å². The van der Waals surface area contributed by atoms with Crippen molar-refractivity contribution in [2.45, 2.75) is 12.8 Å². The summed E-state index contributed by atoms with van der Waals surface area (Å²) in [6.45, 7) is 6.50. The number of pyridine rings is 1. The summed E-state index contributed by atoms with van der Waals surface area (Å²) < 4.78 is 10.4. The van der Waals surface area contributed by atoms with Crippen molar-refractivity contribution in [3.63, 3.8) is 0 Å². The van der Waals surface area contributed by atoms with Crippen molar-refractivity contribution < 1.29 is 14.3 Å². The number of rotatable bonds is 4. The first-order valence-electron chi connectivity index (χ1n) is 8.60. The van der Waals surface area contributed by atoms with E-state index >= 15 is 0 Å². The molecular formula is C17H26N4O3. The van der Waals surface area contributed by atoms with Gasteiger partial charge in [0.25, 0.3) is 0 Å². The molecule has 0 aromatic carbocycles. The molecule has 0 bridgehead atoms. The van der Waals surface area contributed by atoms with E-state index in [0.717, 1.165) is 58.8 Å². The molecule has 2 saturated heterocycles. The fourth-order valence-corrected chi connectivity index (χ4v) is 3.25. The summed E-state index contributed by atoms with van der Waals surface area (Å²) >= 11 is 0. The summed E-state index contributed by atoms with van der Waals surface area (Å²) in [5, 5.41) is 2.90. The zero-order valence-corrected chi connectivity index (χ0v) is 14.2. The summed E-state index contributed by atoms with van der Waals surface area (Å²) in [5.41, 5.74) is 0.691. The van der Waals surface area contributed by atoms with Gasteiger partial charge < -0.3 is 19.7 Å². The Morgan fingerprint density at radius 2 is 2.04 bits per heavy atom. The average Bonchev–Trinajstić information content (AvgIpc) is 2.64. The standard InChI is InChI=1S/C17H26N4O3/c1-23-16-3-2-15(12-18-16)19-17(22)21-6-4-14(5-7-21)13-20-8-10-24-11-9-20/h2-3,12,14H,4-11,13H2,1H3,(H,19,22). The first-order chi connectivity index (χ1) is 11.7. The lowest BCUT2D eigenvalue weighted by molar-refractivity contribution is 0.0260. The van der Waals surface area contributed by atoms with Crippen LogP contribution >= 0.6 is 0 Å². The number of carbonyl (C=O) groups excluding carboxylic acids is 1. The molecule has 2 fully saturated rings. The minimum absolute atomic E-state index is 0.0493. The Labute approximate surface area is 142 Å². The maximum absolute atomic E-state index is 12.3. The van der Waals surface area contributed by atoms with Crippen LogP contribution in [-0.2, 0) is 4.74 Å². The number of nitrogens with one attached hydrogen (secondary N) is 1. The van der Waals surface area contributed by atoms with Crippen LogP contribution in [0.15, 0.2) is 18.3 Å². The number of aromatic nitrogens is 1. The number of hydrogen-bond donors (Lipinski definition) is 1. The van der Waals surface area contributed by atoms with E-state index in [4.69, 9.17) is 9.47 Å². The molecule has 7 heteroatoms. The van der Waals surface area contributed by atoms with Gasteiger partial charge in [0.2, 0.25) is 5.88 Å². The first kappa shape index (κ1) is 17.0. The van der Waals surface area contributed by atoms with Crippen LogP contribution in [0.2, 0.25) is 0 Å². The van der Waals surface area contributed by atoms with Gasteiger partial charge in [0.05, 0.1) is 32.2 Å². The molecule has 0 spiro atoms. The number of piperidine rings is 1. The molecule has 24 heavy (non-hydrogen) atoms. The number of nitrogens with zero attached hydrogens (tertiary/aromatic N) is 3. The predicted molar refractivity (Wildman–Crippen MR) is 91.4 cm³/mol. The highest BCUT2D eigenvalue weighted by atomic mass is 16.5. The minimum atomic E-state index is -0.0493. The second-order valence-corrected chi connectivity index (χ2v) is 6.36. The zero-order valence-electron chi connectivity index (χ0n) is 14.2. The van der Waals surface area contributed by atoms with E-state index in [1.165, 1.54) is 0 Å². The zero-order chi connectivity index (χ0) is 16.8. The van der Waals surface area contributed by atoms with Crippen LogP contribution < -0.4 is 10.1 Å². The SMILES string of the molecule is COc1ccc(NC(=O)N2CCC(CN3CCOCC3)CC2)cn1. The van der Waals surface area contributed by atoms with Crippen LogP contribution in [0, 0.1) is 5.92 Å². The Morgan fingerprint density at radius 1 is 1.29 bits per heavy atom. The molecule has 3 heterocycles. The topological polar surface area (TPSA) is 66.9 Å². The third-order valence-electron chi connectivity index (χ3n) is 4.72. The highest BCUT2D eigenvalue weighted by molar-refractivity contribution is 5.89. The maximum Gasteiger partial charge on any atom is 0.321 e. The molecule has 1 aromatic rings. The Morgan fingerprint density at radius 3 is 2.67 bits per heavy atom. The molecule has 0 saturated carbocycles. The highest BCUT2D eigenvalue weighted by Gasteiger charge is 2.25. The summed E-state index contributed by atoms with van der Waals surface area (Å²) in [5.74, 6) is 1.21. The minimum Gasteiger partial charge on any atom is -0.481 e. The summed E-state index contributed by atoms with van der Waals surface area (Å²) in [6.07, 6.45) is 3.74. The van der Waals surface area contributed by atoms with Gasteiger partial charge in [-0.15, -0.1) is 0 Å². The predicted octanol–water partition coefficient (Wildman–Crippen LogP) is 1.67. The quantitative estimate of drug-likeness (QED) is 0.907. The number of likely N-dealkylation sites (tertiary alicyclic amines) is 1. The van der Waals surface area contributed by atoms with Crippen LogP contribution in [0.25, 0.3) is 0 Å². The second kappa shape index (κ2) is 8.30. The van der Waals surface area contributed by atoms with E-state index in [1.807, 2.05) is 4.90 Å². The smallest absolute Gasteiger partial charge is 0.321 e. The fraction of sp³-hybridized carbons (Fsp3) is 0.647. The molecule has 2 amide bonds. The third-order valence-corrected chi connectivity index (χ3v) is 4.72. The fourth-order valence-electron chi connectivity index (χ4n) is 3.25. The monoisotopic (exact) mass is 334 g/mol. The number of amides is 2. The average molecular weight is 334 g/mol. The van der Waals surface area contributed by atoms with Crippen LogP contribution in [0.3, 0.4) is 0 Å². The van der Waals surface area contributed by atoms with Gasteiger partial charge in [-0.05, 0) is 24.8 Å². The van der Waals surface area contributed by atoms with Crippen molar-refractivity contribution in [1.82, 2.24) is 14.8 Å². The molecule has 2 aliphatic heterocycles. The molecule has 7 nitrogen and oxygen atoms in total. The van der Waals surface area contributed by atoms with Gasteiger partial charge in [-0.3, -0.25) is 4.90 Å². The molecule has 0 radical (unpaired) electrons. The normalized spacial score (nSPS) is 20.0. The number of hydrogen-bond acceptors (Lipinski definition) is 5. The Balaban J connectivity index is 1.42. The van der Waals surface area contributed by atoms with Gasteiger partial charge in [0, 0.05) is 38.8 Å². The van der Waals surface area contributed by atoms with Crippen molar-refractivity contribution in [2.24, 2.45) is 5.92 Å². The number of carbonyl (C=O) groups is 1. The summed E-state index contributed by atoms with van der Waals surface area (Å²) in [7, 11) is 1.57. The first-order valence-corrected chi connectivity index (χ1v) is 8.60. The molecule has 1 N–H and O–H groups in total.